The number of benzene rings is 1. The van der Waals surface area contributed by atoms with Gasteiger partial charge in [-0.1, -0.05) is 57.2 Å². The first-order valence-electron chi connectivity index (χ1n) is 7.50. The zero-order chi connectivity index (χ0) is 14.0. The second-order valence-corrected chi connectivity index (χ2v) is 4.92. The fourth-order valence-corrected chi connectivity index (χ4v) is 2.06. The quantitative estimate of drug-likeness (QED) is 0.648. The second kappa shape index (κ2) is 8.35. The van der Waals surface area contributed by atoms with Crippen LogP contribution in [0.15, 0.2) is 36.7 Å². The summed E-state index contributed by atoms with van der Waals surface area (Å²) in [6, 6.07) is 10.4. The number of rotatable bonds is 9. The predicted octanol–water partition coefficient (Wildman–Crippen LogP) is 4.01. The van der Waals surface area contributed by atoms with Gasteiger partial charge in [-0.25, -0.2) is 4.68 Å². The van der Waals surface area contributed by atoms with Crippen molar-refractivity contribution in [2.45, 2.75) is 45.4 Å². The maximum absolute atomic E-state index is 5.57. The summed E-state index contributed by atoms with van der Waals surface area (Å²) < 4.78 is 7.30. The Morgan fingerprint density at radius 2 is 1.75 bits per heavy atom. The van der Waals surface area contributed by atoms with E-state index < -0.39 is 0 Å². The topological polar surface area (TPSA) is 39.9 Å². The second-order valence-electron chi connectivity index (χ2n) is 4.92. The largest absolute Gasteiger partial charge is 0.462 e. The Balaban J connectivity index is 1.69. The van der Waals surface area contributed by atoms with E-state index in [0.29, 0.717) is 12.6 Å². The van der Waals surface area contributed by atoms with Crippen LogP contribution in [0.3, 0.4) is 0 Å². The first-order chi connectivity index (χ1) is 9.90. The van der Waals surface area contributed by atoms with Crippen LogP contribution in [-0.4, -0.2) is 21.4 Å². The van der Waals surface area contributed by atoms with Gasteiger partial charge in [-0.3, -0.25) is 0 Å². The minimum Gasteiger partial charge on any atom is -0.462 e. The van der Waals surface area contributed by atoms with Gasteiger partial charge in [0.1, 0.15) is 6.33 Å². The number of hydrogen-bond donors (Lipinski definition) is 0. The van der Waals surface area contributed by atoms with E-state index in [-0.39, 0.29) is 0 Å². The number of para-hydroxylation sites is 1. The highest BCUT2D eigenvalue weighted by Crippen LogP contribution is 2.09. The van der Waals surface area contributed by atoms with E-state index in [1.165, 1.54) is 32.1 Å². The minimum atomic E-state index is 0.461. The Hall–Kier alpha value is -1.84. The molecular formula is C16H23N3O. The smallest absolute Gasteiger partial charge is 0.335 e. The summed E-state index contributed by atoms with van der Waals surface area (Å²) in [5.74, 6) is 0. The summed E-state index contributed by atoms with van der Waals surface area (Å²) >= 11 is 0. The minimum absolute atomic E-state index is 0.461. The lowest BCUT2D eigenvalue weighted by molar-refractivity contribution is 0.281. The molecule has 0 aliphatic carbocycles. The molecule has 0 saturated carbocycles. The van der Waals surface area contributed by atoms with Gasteiger partial charge in [0.2, 0.25) is 0 Å². The van der Waals surface area contributed by atoms with Crippen molar-refractivity contribution in [2.75, 3.05) is 6.61 Å². The molecule has 1 heterocycles. The molecule has 20 heavy (non-hydrogen) atoms. The molecular weight excluding hydrogens is 250 g/mol. The third-order valence-corrected chi connectivity index (χ3v) is 3.22. The van der Waals surface area contributed by atoms with Crippen LogP contribution >= 0.6 is 0 Å². The van der Waals surface area contributed by atoms with Gasteiger partial charge in [-0.15, -0.1) is 5.10 Å². The predicted molar refractivity (Wildman–Crippen MR) is 80.2 cm³/mol. The van der Waals surface area contributed by atoms with Gasteiger partial charge in [-0.2, -0.15) is 4.98 Å². The molecule has 0 saturated heterocycles. The molecule has 1 aromatic heterocycles. The van der Waals surface area contributed by atoms with E-state index in [1.54, 1.807) is 11.0 Å². The molecule has 0 atom stereocenters. The standard InChI is InChI=1S/C16H23N3O/c1-2-3-4-5-6-10-13-20-16-17-14-19(18-16)15-11-8-7-9-12-15/h7-9,11-12,14H,2-6,10,13H2,1H3. The number of ether oxygens (including phenoxy) is 1. The van der Waals surface area contributed by atoms with Crippen molar-refractivity contribution >= 4 is 0 Å². The molecule has 4 heteroatoms. The molecule has 4 nitrogen and oxygen atoms in total. The Morgan fingerprint density at radius 1 is 1.00 bits per heavy atom. The Morgan fingerprint density at radius 3 is 2.55 bits per heavy atom. The summed E-state index contributed by atoms with van der Waals surface area (Å²) in [6.07, 6.45) is 9.23. The fraction of sp³-hybridized carbons (Fsp3) is 0.500. The molecule has 0 aliphatic rings. The Kier molecular flexibility index (Phi) is 6.08. The van der Waals surface area contributed by atoms with Crippen molar-refractivity contribution < 1.29 is 4.74 Å². The first-order valence-corrected chi connectivity index (χ1v) is 7.50. The van der Waals surface area contributed by atoms with Gasteiger partial charge >= 0.3 is 6.01 Å². The van der Waals surface area contributed by atoms with Gasteiger partial charge in [0.05, 0.1) is 12.3 Å². The van der Waals surface area contributed by atoms with Gasteiger partial charge in [0.15, 0.2) is 0 Å². The molecule has 0 bridgehead atoms. The molecule has 2 aromatic rings. The maximum atomic E-state index is 5.57. The molecule has 0 unspecified atom stereocenters. The highest BCUT2D eigenvalue weighted by molar-refractivity contribution is 5.29. The van der Waals surface area contributed by atoms with Crippen LogP contribution in [0, 0.1) is 0 Å². The maximum Gasteiger partial charge on any atom is 0.335 e. The van der Waals surface area contributed by atoms with Gasteiger partial charge in [0.25, 0.3) is 0 Å². The molecule has 1 aromatic carbocycles. The first kappa shape index (κ1) is 14.6. The molecule has 0 amide bonds. The van der Waals surface area contributed by atoms with Crippen LogP contribution in [0.5, 0.6) is 6.01 Å². The van der Waals surface area contributed by atoms with E-state index in [1.807, 2.05) is 30.3 Å². The summed E-state index contributed by atoms with van der Waals surface area (Å²) in [5, 5.41) is 4.31. The lowest BCUT2D eigenvalue weighted by Gasteiger charge is -2.02. The van der Waals surface area contributed by atoms with Crippen molar-refractivity contribution in [1.82, 2.24) is 14.8 Å². The van der Waals surface area contributed by atoms with Crippen LogP contribution in [0.1, 0.15) is 45.4 Å². The molecule has 0 radical (unpaired) electrons. The van der Waals surface area contributed by atoms with Crippen LogP contribution in [0.4, 0.5) is 0 Å². The normalized spacial score (nSPS) is 10.7. The molecule has 0 N–H and O–H groups in total. The van der Waals surface area contributed by atoms with Crippen LogP contribution in [-0.2, 0) is 0 Å². The van der Waals surface area contributed by atoms with E-state index in [9.17, 15) is 0 Å². The summed E-state index contributed by atoms with van der Waals surface area (Å²) in [6.45, 7) is 2.93. The number of nitrogens with zero attached hydrogens (tertiary/aromatic N) is 3. The SMILES string of the molecule is CCCCCCCCOc1ncn(-c2ccccc2)n1. The average molecular weight is 273 g/mol. The van der Waals surface area contributed by atoms with Crippen LogP contribution in [0.2, 0.25) is 0 Å². The van der Waals surface area contributed by atoms with Crippen molar-refractivity contribution in [3.63, 3.8) is 0 Å². The van der Waals surface area contributed by atoms with Gasteiger partial charge < -0.3 is 4.74 Å². The highest BCUT2D eigenvalue weighted by atomic mass is 16.5. The average Bonchev–Trinajstić information content (AvgIpc) is 2.96. The molecule has 2 rings (SSSR count). The zero-order valence-corrected chi connectivity index (χ0v) is 12.2. The Bertz CT molecular complexity index is 481. The number of aromatic nitrogens is 3. The van der Waals surface area contributed by atoms with Crippen molar-refractivity contribution in [2.24, 2.45) is 0 Å². The molecule has 0 spiro atoms. The molecule has 108 valence electrons. The zero-order valence-electron chi connectivity index (χ0n) is 12.2. The fourth-order valence-electron chi connectivity index (χ4n) is 2.06. The van der Waals surface area contributed by atoms with E-state index in [2.05, 4.69) is 17.0 Å². The Labute approximate surface area is 120 Å². The van der Waals surface area contributed by atoms with Crippen molar-refractivity contribution in [3.05, 3.63) is 36.7 Å². The monoisotopic (exact) mass is 273 g/mol. The highest BCUT2D eigenvalue weighted by Gasteiger charge is 2.02. The third kappa shape index (κ3) is 4.68. The summed E-state index contributed by atoms with van der Waals surface area (Å²) in [5.41, 5.74) is 0.995. The van der Waals surface area contributed by atoms with Gasteiger partial charge in [-0.05, 0) is 18.6 Å². The third-order valence-electron chi connectivity index (χ3n) is 3.22. The van der Waals surface area contributed by atoms with Gasteiger partial charge in [0, 0.05) is 0 Å². The van der Waals surface area contributed by atoms with E-state index in [0.717, 1.165) is 12.1 Å². The number of unbranched alkanes of at least 4 members (excludes halogenated alkanes) is 5. The number of hydrogen-bond acceptors (Lipinski definition) is 3. The van der Waals surface area contributed by atoms with E-state index >= 15 is 0 Å². The van der Waals surface area contributed by atoms with E-state index in [4.69, 9.17) is 4.74 Å². The molecule has 0 aliphatic heterocycles. The van der Waals surface area contributed by atoms with Crippen molar-refractivity contribution in [3.8, 4) is 11.7 Å². The summed E-state index contributed by atoms with van der Waals surface area (Å²) in [4.78, 5) is 4.17. The van der Waals surface area contributed by atoms with Crippen LogP contribution < -0.4 is 4.74 Å². The lowest BCUT2D eigenvalue weighted by atomic mass is 10.1. The molecule has 0 fully saturated rings. The van der Waals surface area contributed by atoms with Crippen molar-refractivity contribution in [1.29, 1.82) is 0 Å². The lowest BCUT2D eigenvalue weighted by Crippen LogP contribution is -2.00. The summed E-state index contributed by atoms with van der Waals surface area (Å²) in [7, 11) is 0. The van der Waals surface area contributed by atoms with Crippen LogP contribution in [0.25, 0.3) is 5.69 Å².